The SMILES string of the molecule is CC(C)S(=O)(=O)N(C)c1ccc(-c2cnc3[nH]c4ccc(CS(=O)(=O)c5ccccc5)cc4c3c2-c2ccccc2)cc1. The number of hydrogen-bond acceptors (Lipinski definition) is 5. The van der Waals surface area contributed by atoms with Crippen molar-refractivity contribution in [2.45, 2.75) is 29.7 Å². The maximum atomic E-state index is 13.2. The highest BCUT2D eigenvalue weighted by Gasteiger charge is 2.23. The summed E-state index contributed by atoms with van der Waals surface area (Å²) in [4.78, 5) is 8.47. The maximum absolute atomic E-state index is 13.2. The van der Waals surface area contributed by atoms with E-state index in [2.05, 4.69) is 4.98 Å². The van der Waals surface area contributed by atoms with Crippen molar-refractivity contribution in [3.05, 3.63) is 115 Å². The molecule has 0 bridgehead atoms. The van der Waals surface area contributed by atoms with Crippen LogP contribution in [0, 0.1) is 0 Å². The van der Waals surface area contributed by atoms with Gasteiger partial charge in [-0.25, -0.2) is 21.8 Å². The summed E-state index contributed by atoms with van der Waals surface area (Å²) in [5, 5.41) is 1.23. The molecule has 0 aliphatic heterocycles. The van der Waals surface area contributed by atoms with E-state index >= 15 is 0 Å². The van der Waals surface area contributed by atoms with Crippen LogP contribution in [0.2, 0.25) is 0 Å². The van der Waals surface area contributed by atoms with Gasteiger partial charge < -0.3 is 4.98 Å². The number of aromatic nitrogens is 2. The molecule has 6 rings (SSSR count). The fourth-order valence-electron chi connectivity index (χ4n) is 5.36. The van der Waals surface area contributed by atoms with Crippen LogP contribution in [-0.4, -0.2) is 39.1 Å². The Labute approximate surface area is 251 Å². The predicted molar refractivity (Wildman–Crippen MR) is 174 cm³/mol. The highest BCUT2D eigenvalue weighted by Crippen LogP contribution is 2.41. The maximum Gasteiger partial charge on any atom is 0.237 e. The molecule has 43 heavy (non-hydrogen) atoms. The molecule has 0 radical (unpaired) electrons. The first-order chi connectivity index (χ1) is 20.6. The van der Waals surface area contributed by atoms with Crippen LogP contribution in [0.3, 0.4) is 0 Å². The molecule has 218 valence electrons. The summed E-state index contributed by atoms with van der Waals surface area (Å²) in [7, 11) is -5.43. The standard InChI is InChI=1S/C34H31N3O4S2/c1-23(2)43(40,41)37(3)27-17-15-25(16-18-27)30-21-35-34-33(32(30)26-10-6-4-7-11-26)29-20-24(14-19-31(29)36-34)22-42(38,39)28-12-8-5-9-13-28/h4-21,23H,22H2,1-3H3,(H,35,36). The van der Waals surface area contributed by atoms with Gasteiger partial charge in [-0.3, -0.25) is 4.31 Å². The minimum Gasteiger partial charge on any atom is -0.339 e. The average molecular weight is 610 g/mol. The fraction of sp³-hybridized carbons (Fsp3) is 0.147. The van der Waals surface area contributed by atoms with E-state index in [9.17, 15) is 16.8 Å². The van der Waals surface area contributed by atoms with Gasteiger partial charge in [0.2, 0.25) is 10.0 Å². The van der Waals surface area contributed by atoms with Gasteiger partial charge in [-0.05, 0) is 66.9 Å². The number of anilines is 1. The van der Waals surface area contributed by atoms with Crippen LogP contribution in [0.1, 0.15) is 19.4 Å². The van der Waals surface area contributed by atoms with Crippen LogP contribution < -0.4 is 4.31 Å². The van der Waals surface area contributed by atoms with Gasteiger partial charge in [0.1, 0.15) is 5.65 Å². The van der Waals surface area contributed by atoms with E-state index in [1.807, 2.05) is 66.9 Å². The topological polar surface area (TPSA) is 100 Å². The zero-order chi connectivity index (χ0) is 30.4. The Morgan fingerprint density at radius 1 is 0.791 bits per heavy atom. The first-order valence-electron chi connectivity index (χ1n) is 13.9. The van der Waals surface area contributed by atoms with Crippen molar-refractivity contribution in [3.8, 4) is 22.3 Å². The zero-order valence-corrected chi connectivity index (χ0v) is 25.7. The number of aromatic amines is 1. The number of sulfonamides is 1. The molecule has 2 heterocycles. The third-order valence-electron chi connectivity index (χ3n) is 7.73. The Morgan fingerprint density at radius 3 is 2.09 bits per heavy atom. The number of pyridine rings is 1. The minimum atomic E-state index is -3.53. The van der Waals surface area contributed by atoms with E-state index < -0.39 is 25.1 Å². The van der Waals surface area contributed by atoms with Gasteiger partial charge in [-0.15, -0.1) is 0 Å². The average Bonchev–Trinajstić information content (AvgIpc) is 3.39. The van der Waals surface area contributed by atoms with Gasteiger partial charge in [0.05, 0.1) is 21.6 Å². The number of H-pyrrole nitrogens is 1. The number of nitrogens with zero attached hydrogens (tertiary/aromatic N) is 2. The van der Waals surface area contributed by atoms with Crippen molar-refractivity contribution in [3.63, 3.8) is 0 Å². The normalized spacial score (nSPS) is 12.3. The molecule has 2 aromatic heterocycles. The van der Waals surface area contributed by atoms with Crippen molar-refractivity contribution in [1.82, 2.24) is 9.97 Å². The molecule has 0 saturated heterocycles. The molecule has 0 aliphatic rings. The van der Waals surface area contributed by atoms with Gasteiger partial charge in [-0.2, -0.15) is 0 Å². The van der Waals surface area contributed by atoms with Crippen LogP contribution in [0.5, 0.6) is 0 Å². The lowest BCUT2D eigenvalue weighted by Gasteiger charge is -2.22. The number of hydrogen-bond donors (Lipinski definition) is 1. The minimum absolute atomic E-state index is 0.123. The van der Waals surface area contributed by atoms with Crippen LogP contribution in [0.4, 0.5) is 5.69 Å². The molecule has 6 aromatic rings. The number of benzene rings is 4. The first kappa shape index (κ1) is 28.6. The Balaban J connectivity index is 1.51. The van der Waals surface area contributed by atoms with Gasteiger partial charge in [-0.1, -0.05) is 66.7 Å². The molecule has 7 nitrogen and oxygen atoms in total. The third-order valence-corrected chi connectivity index (χ3v) is 11.6. The van der Waals surface area contributed by atoms with Crippen molar-refractivity contribution in [2.75, 3.05) is 11.4 Å². The molecule has 0 aliphatic carbocycles. The lowest BCUT2D eigenvalue weighted by Crippen LogP contribution is -2.32. The lowest BCUT2D eigenvalue weighted by molar-refractivity contribution is 0.585. The zero-order valence-electron chi connectivity index (χ0n) is 24.0. The second-order valence-corrected chi connectivity index (χ2v) is 15.3. The smallest absolute Gasteiger partial charge is 0.237 e. The number of fused-ring (bicyclic) bond motifs is 3. The van der Waals surface area contributed by atoms with E-state index in [0.717, 1.165) is 38.5 Å². The molecule has 9 heteroatoms. The van der Waals surface area contributed by atoms with Gasteiger partial charge in [0.15, 0.2) is 9.84 Å². The molecule has 4 aromatic carbocycles. The number of sulfone groups is 1. The lowest BCUT2D eigenvalue weighted by atomic mass is 9.92. The van der Waals surface area contributed by atoms with Crippen LogP contribution in [0.25, 0.3) is 44.2 Å². The monoisotopic (exact) mass is 609 g/mol. The summed E-state index contributed by atoms with van der Waals surface area (Å²) < 4.78 is 53.1. The van der Waals surface area contributed by atoms with Crippen molar-refractivity contribution in [1.29, 1.82) is 0 Å². The predicted octanol–water partition coefficient (Wildman–Crippen LogP) is 7.20. The van der Waals surface area contributed by atoms with Crippen molar-refractivity contribution in [2.24, 2.45) is 0 Å². The molecular formula is C34H31N3O4S2. The van der Waals surface area contributed by atoms with E-state index in [1.54, 1.807) is 63.4 Å². The van der Waals surface area contributed by atoms with Gasteiger partial charge in [0.25, 0.3) is 0 Å². The quantitative estimate of drug-likeness (QED) is 0.197. The Hall–Kier alpha value is -4.47. The molecule has 0 fully saturated rings. The summed E-state index contributed by atoms with van der Waals surface area (Å²) >= 11 is 0. The van der Waals surface area contributed by atoms with E-state index in [1.165, 1.54) is 4.31 Å². The molecule has 0 atom stereocenters. The molecule has 0 unspecified atom stereocenters. The molecular weight excluding hydrogens is 579 g/mol. The molecule has 0 spiro atoms. The summed E-state index contributed by atoms with van der Waals surface area (Å²) in [5.74, 6) is -0.123. The Bertz CT molecular complexity index is 2160. The van der Waals surface area contributed by atoms with Crippen molar-refractivity contribution < 1.29 is 16.8 Å². The van der Waals surface area contributed by atoms with Crippen molar-refractivity contribution >= 4 is 47.5 Å². The highest BCUT2D eigenvalue weighted by atomic mass is 32.2. The summed E-state index contributed by atoms with van der Waals surface area (Å²) in [5.41, 5.74) is 6.50. The van der Waals surface area contributed by atoms with E-state index in [-0.39, 0.29) is 5.75 Å². The first-order valence-corrected chi connectivity index (χ1v) is 17.1. The summed E-state index contributed by atoms with van der Waals surface area (Å²) in [6.45, 7) is 3.33. The highest BCUT2D eigenvalue weighted by molar-refractivity contribution is 7.93. The molecule has 1 N–H and O–H groups in total. The van der Waals surface area contributed by atoms with Gasteiger partial charge >= 0.3 is 0 Å². The number of nitrogens with one attached hydrogen (secondary N) is 1. The Kier molecular flexibility index (Phi) is 7.31. The number of rotatable bonds is 8. The molecule has 0 amide bonds. The van der Waals surface area contributed by atoms with Crippen LogP contribution >= 0.6 is 0 Å². The summed E-state index contributed by atoms with van der Waals surface area (Å²) in [6.07, 6.45) is 1.82. The largest absolute Gasteiger partial charge is 0.339 e. The fourth-order valence-corrected chi connectivity index (χ4v) is 7.77. The van der Waals surface area contributed by atoms with Crippen LogP contribution in [-0.2, 0) is 25.6 Å². The van der Waals surface area contributed by atoms with Crippen LogP contribution in [0.15, 0.2) is 114 Å². The Morgan fingerprint density at radius 2 is 1.44 bits per heavy atom. The van der Waals surface area contributed by atoms with E-state index in [4.69, 9.17) is 4.98 Å². The van der Waals surface area contributed by atoms with E-state index in [0.29, 0.717) is 21.8 Å². The summed E-state index contributed by atoms with van der Waals surface area (Å²) in [6, 6.07) is 31.6. The van der Waals surface area contributed by atoms with Gasteiger partial charge in [0, 0.05) is 40.7 Å². The third kappa shape index (κ3) is 5.30. The second-order valence-electron chi connectivity index (χ2n) is 10.8. The second kappa shape index (κ2) is 11.0. The molecule has 0 saturated carbocycles.